The van der Waals surface area contributed by atoms with Gasteiger partial charge in [0, 0.05) is 30.4 Å². The number of nitrogens with zero attached hydrogens (tertiary/aromatic N) is 1. The van der Waals surface area contributed by atoms with Gasteiger partial charge >= 0.3 is 6.09 Å². The van der Waals surface area contributed by atoms with Crippen molar-refractivity contribution in [3.8, 4) is 0 Å². The molecule has 2 atom stereocenters. The zero-order chi connectivity index (χ0) is 14.3. The Bertz CT molecular complexity index is 267. The fraction of sp³-hybridized carbons (Fsp3) is 0.923. The molecule has 5 nitrogen and oxygen atoms in total. The van der Waals surface area contributed by atoms with E-state index in [4.69, 9.17) is 4.74 Å². The fourth-order valence-corrected chi connectivity index (χ4v) is 3.00. The molecule has 1 amide bonds. The maximum atomic E-state index is 11.6. The molecule has 2 N–H and O–H groups in total. The molecule has 1 aliphatic rings. The van der Waals surface area contributed by atoms with E-state index in [0.717, 1.165) is 25.9 Å². The Hall–Kier alpha value is -0.460. The van der Waals surface area contributed by atoms with E-state index in [1.807, 2.05) is 13.2 Å². The Morgan fingerprint density at radius 2 is 2.16 bits per heavy atom. The number of amides is 1. The monoisotopic (exact) mass is 290 g/mol. The van der Waals surface area contributed by atoms with Crippen LogP contribution in [-0.4, -0.2) is 66.0 Å². The molecule has 112 valence electrons. The van der Waals surface area contributed by atoms with Gasteiger partial charge in [0.2, 0.25) is 0 Å². The Morgan fingerprint density at radius 3 is 2.63 bits per heavy atom. The number of likely N-dealkylation sites (tertiary alicyclic amines) is 1. The summed E-state index contributed by atoms with van der Waals surface area (Å²) in [6.45, 7) is 6.04. The van der Waals surface area contributed by atoms with Crippen molar-refractivity contribution in [3.05, 3.63) is 0 Å². The van der Waals surface area contributed by atoms with Gasteiger partial charge in [-0.25, -0.2) is 4.79 Å². The quantitative estimate of drug-likeness (QED) is 0.772. The maximum absolute atomic E-state index is 11.6. The lowest BCUT2D eigenvalue weighted by Crippen LogP contribution is -2.50. The van der Waals surface area contributed by atoms with E-state index in [2.05, 4.69) is 12.2 Å². The third-order valence-corrected chi connectivity index (χ3v) is 4.72. The lowest BCUT2D eigenvalue weighted by atomic mass is 10.0. The van der Waals surface area contributed by atoms with Gasteiger partial charge in [0.05, 0.1) is 13.2 Å². The smallest absolute Gasteiger partial charge is 0.409 e. The van der Waals surface area contributed by atoms with Crippen LogP contribution in [0.2, 0.25) is 0 Å². The second-order valence-electron chi connectivity index (χ2n) is 4.87. The minimum atomic E-state index is -0.202. The first-order chi connectivity index (χ1) is 9.12. The summed E-state index contributed by atoms with van der Waals surface area (Å²) in [5, 5.41) is 13.0. The molecule has 0 spiro atoms. The number of thioether (sulfide) groups is 1. The second-order valence-corrected chi connectivity index (χ2v) is 5.95. The minimum Gasteiger partial charge on any atom is -0.450 e. The van der Waals surface area contributed by atoms with E-state index in [9.17, 15) is 9.90 Å². The van der Waals surface area contributed by atoms with Crippen LogP contribution in [0.25, 0.3) is 0 Å². The van der Waals surface area contributed by atoms with Gasteiger partial charge in [0.25, 0.3) is 0 Å². The van der Waals surface area contributed by atoms with E-state index in [1.165, 1.54) is 0 Å². The molecule has 0 aromatic heterocycles. The third kappa shape index (κ3) is 5.20. The van der Waals surface area contributed by atoms with Gasteiger partial charge < -0.3 is 20.1 Å². The molecular formula is C13H26N2O3S. The zero-order valence-corrected chi connectivity index (χ0v) is 12.9. The summed E-state index contributed by atoms with van der Waals surface area (Å²) in [6, 6.07) is 0.695. The van der Waals surface area contributed by atoms with Crippen LogP contribution >= 0.6 is 11.8 Å². The van der Waals surface area contributed by atoms with Crippen molar-refractivity contribution >= 4 is 17.9 Å². The zero-order valence-electron chi connectivity index (χ0n) is 12.1. The van der Waals surface area contributed by atoms with Crippen LogP contribution in [0.5, 0.6) is 0 Å². The van der Waals surface area contributed by atoms with Crippen LogP contribution in [0.3, 0.4) is 0 Å². The predicted octanol–water partition coefficient (Wildman–Crippen LogP) is 1.31. The maximum Gasteiger partial charge on any atom is 0.409 e. The first kappa shape index (κ1) is 16.6. The summed E-state index contributed by atoms with van der Waals surface area (Å²) >= 11 is 1.68. The molecule has 6 heteroatoms. The molecule has 1 saturated heterocycles. The average Bonchev–Trinajstić information content (AvgIpc) is 2.41. The van der Waals surface area contributed by atoms with Crippen molar-refractivity contribution in [3.63, 3.8) is 0 Å². The van der Waals surface area contributed by atoms with Crippen LogP contribution in [0.1, 0.15) is 26.7 Å². The van der Waals surface area contributed by atoms with E-state index in [1.54, 1.807) is 16.7 Å². The van der Waals surface area contributed by atoms with Gasteiger partial charge in [0.15, 0.2) is 0 Å². The van der Waals surface area contributed by atoms with Crippen molar-refractivity contribution in [1.29, 1.82) is 0 Å². The number of nitrogens with one attached hydrogen (secondary N) is 1. The molecule has 1 aliphatic heterocycles. The normalized spacial score (nSPS) is 20.1. The van der Waals surface area contributed by atoms with Crippen LogP contribution in [-0.2, 0) is 4.74 Å². The van der Waals surface area contributed by atoms with Crippen LogP contribution in [0, 0.1) is 0 Å². The third-order valence-electron chi connectivity index (χ3n) is 3.56. The van der Waals surface area contributed by atoms with Gasteiger partial charge in [-0.15, -0.1) is 0 Å². The fourth-order valence-electron chi connectivity index (χ4n) is 2.36. The number of rotatable bonds is 6. The number of hydrogen-bond donors (Lipinski definition) is 2. The molecule has 19 heavy (non-hydrogen) atoms. The minimum absolute atomic E-state index is 0.191. The predicted molar refractivity (Wildman–Crippen MR) is 78.6 cm³/mol. The Balaban J connectivity index is 2.32. The molecule has 0 bridgehead atoms. The molecule has 1 rings (SSSR count). The van der Waals surface area contributed by atoms with Gasteiger partial charge in [-0.2, -0.15) is 11.8 Å². The summed E-state index contributed by atoms with van der Waals surface area (Å²) < 4.78 is 5.00. The van der Waals surface area contributed by atoms with E-state index < -0.39 is 0 Å². The topological polar surface area (TPSA) is 61.8 Å². The first-order valence-corrected chi connectivity index (χ1v) is 8.22. The summed E-state index contributed by atoms with van der Waals surface area (Å²) in [5.74, 6) is 0. The van der Waals surface area contributed by atoms with Crippen LogP contribution in [0.4, 0.5) is 4.79 Å². The second kappa shape index (κ2) is 8.66. The van der Waals surface area contributed by atoms with Gasteiger partial charge in [0.1, 0.15) is 0 Å². The number of carbonyl (C=O) groups excluding carboxylic acids is 1. The van der Waals surface area contributed by atoms with Crippen molar-refractivity contribution in [2.45, 2.75) is 44.0 Å². The van der Waals surface area contributed by atoms with Gasteiger partial charge in [-0.1, -0.05) is 0 Å². The van der Waals surface area contributed by atoms with E-state index in [0.29, 0.717) is 12.6 Å². The molecule has 0 aromatic carbocycles. The van der Waals surface area contributed by atoms with Crippen molar-refractivity contribution in [2.24, 2.45) is 0 Å². The highest BCUT2D eigenvalue weighted by molar-refractivity contribution is 7.99. The van der Waals surface area contributed by atoms with Crippen molar-refractivity contribution in [2.75, 3.05) is 32.6 Å². The summed E-state index contributed by atoms with van der Waals surface area (Å²) in [7, 11) is 0. The standard InChI is InChI=1S/C13H26N2O3S/c1-4-18-13(17)15-7-5-11(6-8-15)14-10(2)12(9-16)19-3/h10-12,14,16H,4-9H2,1-3H3. The van der Waals surface area contributed by atoms with Gasteiger partial charge in [-0.3, -0.25) is 0 Å². The Kier molecular flexibility index (Phi) is 7.56. The van der Waals surface area contributed by atoms with Crippen molar-refractivity contribution < 1.29 is 14.6 Å². The average molecular weight is 290 g/mol. The number of ether oxygens (including phenoxy) is 1. The highest BCUT2D eigenvalue weighted by Gasteiger charge is 2.25. The molecule has 1 fully saturated rings. The number of aliphatic hydroxyl groups is 1. The van der Waals surface area contributed by atoms with Crippen LogP contribution in [0.15, 0.2) is 0 Å². The largest absolute Gasteiger partial charge is 0.450 e. The lowest BCUT2D eigenvalue weighted by Gasteiger charge is -2.34. The SMILES string of the molecule is CCOC(=O)N1CCC(NC(C)C(CO)SC)CC1. The summed E-state index contributed by atoms with van der Waals surface area (Å²) in [5.41, 5.74) is 0. The Morgan fingerprint density at radius 1 is 1.53 bits per heavy atom. The van der Waals surface area contributed by atoms with E-state index in [-0.39, 0.29) is 24.0 Å². The number of piperidine rings is 1. The lowest BCUT2D eigenvalue weighted by molar-refractivity contribution is 0.0941. The molecule has 0 aliphatic carbocycles. The molecule has 2 unspecified atom stereocenters. The molecular weight excluding hydrogens is 264 g/mol. The highest BCUT2D eigenvalue weighted by Crippen LogP contribution is 2.16. The Labute approximate surface area is 120 Å². The summed E-state index contributed by atoms with van der Waals surface area (Å²) in [6.07, 6.45) is 3.69. The number of aliphatic hydroxyl groups excluding tert-OH is 1. The number of carbonyl (C=O) groups is 1. The van der Waals surface area contributed by atoms with E-state index >= 15 is 0 Å². The molecule has 0 aromatic rings. The molecule has 1 heterocycles. The van der Waals surface area contributed by atoms with Crippen molar-refractivity contribution in [1.82, 2.24) is 10.2 Å². The number of hydrogen-bond acceptors (Lipinski definition) is 5. The first-order valence-electron chi connectivity index (χ1n) is 6.93. The molecule has 0 saturated carbocycles. The van der Waals surface area contributed by atoms with Crippen LogP contribution < -0.4 is 5.32 Å². The van der Waals surface area contributed by atoms with Gasteiger partial charge in [-0.05, 0) is 32.9 Å². The highest BCUT2D eigenvalue weighted by atomic mass is 32.2. The summed E-state index contributed by atoms with van der Waals surface area (Å²) in [4.78, 5) is 13.3. The molecule has 0 radical (unpaired) electrons.